The first kappa shape index (κ1) is 27.9. The van der Waals surface area contributed by atoms with E-state index >= 15 is 0 Å². The molecule has 6 rings (SSSR count). The van der Waals surface area contributed by atoms with Crippen molar-refractivity contribution in [1.29, 1.82) is 0 Å². The maximum absolute atomic E-state index is 11.7. The van der Waals surface area contributed by atoms with Crippen LogP contribution >= 0.6 is 0 Å². The van der Waals surface area contributed by atoms with E-state index in [1.165, 1.54) is 43.1 Å². The molecule has 0 aliphatic carbocycles. The molecule has 0 bridgehead atoms. The SMILES string of the molecule is CC(C)(C)c1ccc(C(C)(C)C)c(NC(=O)NC(N)=O)c1.c1cc2cccc3c4cccc5cccc(c(c1)c23)c54. The molecule has 0 fully saturated rings. The van der Waals surface area contributed by atoms with Gasteiger partial charge < -0.3 is 11.1 Å². The third-order valence-electron chi connectivity index (χ3n) is 7.57. The lowest BCUT2D eigenvalue weighted by Crippen LogP contribution is -2.38. The molecule has 208 valence electrons. The molecule has 0 heterocycles. The van der Waals surface area contributed by atoms with E-state index in [1.807, 2.05) is 17.4 Å². The van der Waals surface area contributed by atoms with Crippen LogP contribution in [0.5, 0.6) is 0 Å². The Morgan fingerprint density at radius 1 is 0.610 bits per heavy atom. The molecule has 0 atom stereocenters. The van der Waals surface area contributed by atoms with Crippen LogP contribution in [0.4, 0.5) is 15.3 Å². The maximum atomic E-state index is 11.7. The summed E-state index contributed by atoms with van der Waals surface area (Å²) in [6, 6.07) is 31.0. The van der Waals surface area contributed by atoms with Gasteiger partial charge in [0.25, 0.3) is 0 Å². The molecular weight excluding hydrogens is 506 g/mol. The van der Waals surface area contributed by atoms with Gasteiger partial charge in [-0.1, -0.05) is 126 Å². The molecule has 41 heavy (non-hydrogen) atoms. The third kappa shape index (κ3) is 5.53. The van der Waals surface area contributed by atoms with E-state index in [-0.39, 0.29) is 10.8 Å². The summed E-state index contributed by atoms with van der Waals surface area (Å²) in [6.07, 6.45) is 0. The average Bonchev–Trinajstić information content (AvgIpc) is 2.90. The largest absolute Gasteiger partial charge is 0.351 e. The van der Waals surface area contributed by atoms with Gasteiger partial charge in [0.05, 0.1) is 0 Å². The second kappa shape index (κ2) is 10.4. The van der Waals surface area contributed by atoms with Crippen molar-refractivity contribution in [2.24, 2.45) is 5.73 Å². The Hall–Kier alpha value is -4.64. The Kier molecular flexibility index (Phi) is 7.08. The summed E-state index contributed by atoms with van der Waals surface area (Å²) < 4.78 is 0. The minimum Gasteiger partial charge on any atom is -0.351 e. The van der Waals surface area contributed by atoms with Gasteiger partial charge in [0, 0.05) is 5.69 Å². The standard InChI is InChI=1S/C20H12.C16H25N3O2/c1-5-13-6-2-11-17-18-12-4-8-14-7-3-10-16(20(14)18)15(9-1)19(13)17;1-15(2,3)10-7-8-11(16(4,5)6)12(9-10)18-14(21)19-13(17)20/h1-12H;7-9H,1-6H3,(H4,17,18,19,20,21). The average molecular weight is 544 g/mol. The number of benzene rings is 6. The topological polar surface area (TPSA) is 84.2 Å². The summed E-state index contributed by atoms with van der Waals surface area (Å²) in [5.41, 5.74) is 7.58. The van der Waals surface area contributed by atoms with Gasteiger partial charge in [0.2, 0.25) is 0 Å². The zero-order valence-corrected chi connectivity index (χ0v) is 24.6. The fourth-order valence-electron chi connectivity index (χ4n) is 5.61. The molecule has 4 amide bonds. The number of nitrogens with one attached hydrogen (secondary N) is 2. The predicted octanol–water partition coefficient (Wildman–Crippen LogP) is 9.22. The molecule has 4 N–H and O–H groups in total. The minimum absolute atomic E-state index is 0.0347. The Morgan fingerprint density at radius 3 is 1.41 bits per heavy atom. The van der Waals surface area contributed by atoms with E-state index in [4.69, 9.17) is 5.73 Å². The normalized spacial score (nSPS) is 12.0. The molecule has 0 spiro atoms. The van der Waals surface area contributed by atoms with Crippen molar-refractivity contribution in [2.75, 3.05) is 5.32 Å². The lowest BCUT2D eigenvalue weighted by Gasteiger charge is -2.26. The second-order valence-corrected chi connectivity index (χ2v) is 12.6. The Labute approximate surface area is 241 Å². The Bertz CT molecular complexity index is 1740. The molecule has 0 unspecified atom stereocenters. The van der Waals surface area contributed by atoms with Crippen molar-refractivity contribution in [3.63, 3.8) is 0 Å². The van der Waals surface area contributed by atoms with Crippen LogP contribution in [-0.4, -0.2) is 12.1 Å². The number of fused-ring (bicyclic) bond motifs is 2. The number of urea groups is 2. The highest BCUT2D eigenvalue weighted by molar-refractivity contribution is 6.32. The van der Waals surface area contributed by atoms with E-state index < -0.39 is 12.1 Å². The fraction of sp³-hybridized carbons (Fsp3) is 0.222. The van der Waals surface area contributed by atoms with Crippen LogP contribution in [0.3, 0.4) is 0 Å². The number of anilines is 1. The minimum atomic E-state index is -0.878. The van der Waals surface area contributed by atoms with Gasteiger partial charge in [0.1, 0.15) is 0 Å². The maximum Gasteiger partial charge on any atom is 0.327 e. The lowest BCUT2D eigenvalue weighted by molar-refractivity contribution is 0.238. The summed E-state index contributed by atoms with van der Waals surface area (Å²) in [4.78, 5) is 22.5. The summed E-state index contributed by atoms with van der Waals surface area (Å²) in [5.74, 6) is 0. The van der Waals surface area contributed by atoms with Crippen molar-refractivity contribution in [3.8, 4) is 0 Å². The van der Waals surface area contributed by atoms with E-state index in [2.05, 4.69) is 126 Å². The molecule has 0 radical (unpaired) electrons. The van der Waals surface area contributed by atoms with Crippen LogP contribution in [0.25, 0.3) is 43.1 Å². The van der Waals surface area contributed by atoms with Crippen molar-refractivity contribution in [3.05, 3.63) is 102 Å². The van der Waals surface area contributed by atoms with E-state index in [9.17, 15) is 9.59 Å². The van der Waals surface area contributed by atoms with E-state index in [0.717, 1.165) is 11.1 Å². The van der Waals surface area contributed by atoms with Gasteiger partial charge >= 0.3 is 12.1 Å². The number of carbonyl (C=O) groups excluding carboxylic acids is 2. The molecule has 6 aromatic rings. The monoisotopic (exact) mass is 543 g/mol. The number of amides is 4. The molecule has 5 nitrogen and oxygen atoms in total. The first-order valence-electron chi connectivity index (χ1n) is 13.9. The van der Waals surface area contributed by atoms with Gasteiger partial charge in [-0.15, -0.1) is 0 Å². The van der Waals surface area contributed by atoms with Gasteiger partial charge in [0.15, 0.2) is 0 Å². The summed E-state index contributed by atoms with van der Waals surface area (Å²) >= 11 is 0. The highest BCUT2D eigenvalue weighted by Gasteiger charge is 2.22. The smallest absolute Gasteiger partial charge is 0.327 e. The Morgan fingerprint density at radius 2 is 1.05 bits per heavy atom. The van der Waals surface area contributed by atoms with Gasteiger partial charge in [-0.05, 0) is 71.1 Å². The molecule has 0 aliphatic heterocycles. The van der Waals surface area contributed by atoms with Crippen molar-refractivity contribution in [1.82, 2.24) is 5.32 Å². The summed E-state index contributed by atoms with van der Waals surface area (Å²) in [5, 5.41) is 15.6. The summed E-state index contributed by atoms with van der Waals surface area (Å²) in [7, 11) is 0. The van der Waals surface area contributed by atoms with E-state index in [1.54, 1.807) is 0 Å². The fourth-order valence-corrected chi connectivity index (χ4v) is 5.61. The molecule has 0 aromatic heterocycles. The van der Waals surface area contributed by atoms with Crippen molar-refractivity contribution >= 4 is 60.8 Å². The zero-order chi connectivity index (χ0) is 29.5. The van der Waals surface area contributed by atoms with Gasteiger partial charge in [-0.2, -0.15) is 0 Å². The summed E-state index contributed by atoms with van der Waals surface area (Å²) in [6.45, 7) is 12.5. The highest BCUT2D eigenvalue weighted by Crippen LogP contribution is 2.39. The molecular formula is C36H37N3O2. The molecule has 0 aliphatic rings. The van der Waals surface area contributed by atoms with Crippen molar-refractivity contribution in [2.45, 2.75) is 52.4 Å². The second-order valence-electron chi connectivity index (χ2n) is 12.6. The highest BCUT2D eigenvalue weighted by atomic mass is 16.2. The molecule has 5 heteroatoms. The van der Waals surface area contributed by atoms with Crippen LogP contribution < -0.4 is 16.4 Å². The van der Waals surface area contributed by atoms with Crippen LogP contribution in [-0.2, 0) is 10.8 Å². The zero-order valence-electron chi connectivity index (χ0n) is 24.6. The Balaban J connectivity index is 0.000000164. The number of primary amides is 1. The van der Waals surface area contributed by atoms with Crippen LogP contribution in [0, 0.1) is 0 Å². The molecule has 6 aromatic carbocycles. The number of nitrogens with two attached hydrogens (primary N) is 1. The van der Waals surface area contributed by atoms with Gasteiger partial charge in [-0.3, -0.25) is 5.32 Å². The quantitative estimate of drug-likeness (QED) is 0.143. The molecule has 0 saturated heterocycles. The number of hydrogen-bond donors (Lipinski definition) is 3. The number of carbonyl (C=O) groups is 2. The number of imide groups is 1. The number of hydrogen-bond acceptors (Lipinski definition) is 2. The lowest BCUT2D eigenvalue weighted by atomic mass is 9.81. The first-order valence-corrected chi connectivity index (χ1v) is 13.9. The van der Waals surface area contributed by atoms with Crippen molar-refractivity contribution < 1.29 is 9.59 Å². The van der Waals surface area contributed by atoms with E-state index in [0.29, 0.717) is 5.69 Å². The van der Waals surface area contributed by atoms with Crippen LogP contribution in [0.2, 0.25) is 0 Å². The first-order chi connectivity index (χ1) is 19.3. The third-order valence-corrected chi connectivity index (χ3v) is 7.57. The number of rotatable bonds is 1. The van der Waals surface area contributed by atoms with Gasteiger partial charge in [-0.25, -0.2) is 9.59 Å². The predicted molar refractivity (Wildman–Crippen MR) is 173 cm³/mol. The molecule has 0 saturated carbocycles. The van der Waals surface area contributed by atoms with Crippen LogP contribution in [0.1, 0.15) is 52.7 Å². The van der Waals surface area contributed by atoms with Crippen LogP contribution in [0.15, 0.2) is 91.0 Å².